The van der Waals surface area contributed by atoms with Crippen LogP contribution in [0.1, 0.15) is 121 Å². The van der Waals surface area contributed by atoms with Crippen LogP contribution in [0.5, 0.6) is 5.75 Å². The number of rotatable bonds is 20. The van der Waals surface area contributed by atoms with Gasteiger partial charge in [-0.2, -0.15) is 5.26 Å². The molecule has 4 aromatic rings. The minimum atomic E-state index is -0.924. The number of nitrogens with zero attached hydrogens (tertiary/aromatic N) is 3. The maximum atomic E-state index is 14.1. The Labute approximate surface area is 410 Å². The molecule has 4 N–H and O–H groups in total. The lowest BCUT2D eigenvalue weighted by molar-refractivity contribution is -0.164. The van der Waals surface area contributed by atoms with Crippen molar-refractivity contribution in [2.45, 2.75) is 131 Å². The largest absolute Gasteiger partial charge is 0.489 e. The summed E-state index contributed by atoms with van der Waals surface area (Å²) in [5.41, 5.74) is 5.31. The molecule has 1 unspecified atom stereocenters. The van der Waals surface area contributed by atoms with Crippen LogP contribution in [-0.2, 0) is 19.1 Å². The number of aliphatic hydroxyl groups is 1. The number of amides is 3. The molecule has 13 nitrogen and oxygen atoms in total. The van der Waals surface area contributed by atoms with Gasteiger partial charge in [0.25, 0.3) is 5.91 Å². The number of aromatic nitrogens is 1. The minimum absolute atomic E-state index is 0.0265. The quantitative estimate of drug-likeness (QED) is 0.0624. The molecule has 3 amide bonds. The summed E-state index contributed by atoms with van der Waals surface area (Å²) >= 11 is 7.83. The summed E-state index contributed by atoms with van der Waals surface area (Å²) in [7, 11) is 0. The molecule has 1 saturated heterocycles. The SMILES string of the molecule is Cc1ncsc1-c1ccc([C@@H](C)CC(=O)[C@H]2C[C@H](O)CN2C(=O)C(NC(=O)COCCCCCNc2ccc(C(=O)NC3C(C)(C)C(Oc4ccc(C#N)c(Cl)c4)C3(C)C)cc2)C(C)(C)C)cc1. The van der Waals surface area contributed by atoms with Gasteiger partial charge in [0, 0.05) is 66.7 Å². The van der Waals surface area contributed by atoms with E-state index in [2.05, 4.69) is 54.7 Å². The van der Waals surface area contributed by atoms with Crippen molar-refractivity contribution < 1.29 is 33.8 Å². The standard InChI is InChI=1S/C53H67ClN6O7S/c1-32(34-13-15-35(16-14-34)45-33(2)57-31-68-45)25-43(62)42-26-39(61)29-60(42)48(65)46(51(3,4)5)58-44(63)30-66-24-12-10-11-23-56-38-20-17-36(18-21-38)47(64)59-49-52(6,7)50(53(49,8)9)67-40-22-19-37(28-55)41(54)27-40/h13-22,27,31-32,39,42,46,49-50,56,61H,10-12,23-26,29-30H2,1-9H3,(H,58,63)(H,59,64)/t32-,39-,42+,46?,49?,50?/m0/s1. The molecule has 2 heterocycles. The maximum Gasteiger partial charge on any atom is 0.251 e. The number of thiazole rings is 1. The van der Waals surface area contributed by atoms with E-state index < -0.39 is 35.4 Å². The molecule has 2 fully saturated rings. The number of β-amino-alcohol motifs (C(OH)–C–C–N with tert-alkyl or cyclic N) is 1. The number of carbonyl (C=O) groups is 4. The van der Waals surface area contributed by atoms with Crippen LogP contribution in [0.3, 0.4) is 0 Å². The van der Waals surface area contributed by atoms with Crippen LogP contribution >= 0.6 is 22.9 Å². The number of nitrogens with one attached hydrogen (secondary N) is 3. The minimum Gasteiger partial charge on any atom is -0.489 e. The maximum absolute atomic E-state index is 14.1. The van der Waals surface area contributed by atoms with Crippen LogP contribution < -0.4 is 20.7 Å². The van der Waals surface area contributed by atoms with Crippen molar-refractivity contribution >= 4 is 52.1 Å². The topological polar surface area (TPSA) is 183 Å². The summed E-state index contributed by atoms with van der Waals surface area (Å²) in [6.45, 7) is 18.7. The lowest BCUT2D eigenvalue weighted by Gasteiger charge is -2.63. The predicted octanol–water partition coefficient (Wildman–Crippen LogP) is 9.11. The van der Waals surface area contributed by atoms with Crippen molar-refractivity contribution in [3.05, 3.63) is 99.6 Å². The lowest BCUT2D eigenvalue weighted by atomic mass is 9.49. The molecule has 0 radical (unpaired) electrons. The fraction of sp³-hybridized carbons (Fsp3) is 0.509. The Morgan fingerprint density at radius 2 is 1.69 bits per heavy atom. The Kier molecular flexibility index (Phi) is 16.8. The van der Waals surface area contributed by atoms with Gasteiger partial charge in [-0.05, 0) is 85.0 Å². The first kappa shape index (κ1) is 52.0. The van der Waals surface area contributed by atoms with Crippen molar-refractivity contribution in [3.63, 3.8) is 0 Å². The van der Waals surface area contributed by atoms with Crippen LogP contribution in [0.2, 0.25) is 5.02 Å². The number of likely N-dealkylation sites (tertiary alicyclic amines) is 1. The number of Topliss-reactive ketones (excluding diaryl/α,β-unsaturated/α-hetero) is 1. The molecule has 15 heteroatoms. The molecule has 2 aliphatic rings. The number of ether oxygens (including phenoxy) is 2. The molecular weight excluding hydrogens is 900 g/mol. The molecule has 0 bridgehead atoms. The summed E-state index contributed by atoms with van der Waals surface area (Å²) in [4.78, 5) is 61.2. The van der Waals surface area contributed by atoms with Gasteiger partial charge in [-0.25, -0.2) is 4.98 Å². The van der Waals surface area contributed by atoms with E-state index in [0.29, 0.717) is 35.1 Å². The molecule has 1 saturated carbocycles. The first-order valence-electron chi connectivity index (χ1n) is 23.5. The highest BCUT2D eigenvalue weighted by atomic mass is 35.5. The zero-order valence-electron chi connectivity index (χ0n) is 40.8. The monoisotopic (exact) mass is 966 g/mol. The van der Waals surface area contributed by atoms with Gasteiger partial charge in [-0.3, -0.25) is 19.2 Å². The number of hydrogen-bond acceptors (Lipinski definition) is 11. The Balaban J connectivity index is 0.887. The average Bonchev–Trinajstić information content (AvgIpc) is 3.91. The zero-order valence-corrected chi connectivity index (χ0v) is 42.4. The van der Waals surface area contributed by atoms with E-state index in [1.807, 2.05) is 76.5 Å². The third-order valence-electron chi connectivity index (χ3n) is 13.5. The van der Waals surface area contributed by atoms with Crippen molar-refractivity contribution in [2.75, 3.05) is 31.6 Å². The Hall–Kier alpha value is -5.33. The highest BCUT2D eigenvalue weighted by molar-refractivity contribution is 7.13. The summed E-state index contributed by atoms with van der Waals surface area (Å²) in [5.74, 6) is -0.608. The number of carbonyl (C=O) groups excluding carboxylic acids is 4. The number of benzene rings is 3. The van der Waals surface area contributed by atoms with Gasteiger partial charge in [-0.1, -0.05) is 91.3 Å². The van der Waals surface area contributed by atoms with E-state index in [9.17, 15) is 29.5 Å². The van der Waals surface area contributed by atoms with Crippen LogP contribution in [0, 0.1) is 34.5 Å². The number of halogens is 1. The summed E-state index contributed by atoms with van der Waals surface area (Å²) < 4.78 is 12.1. The lowest BCUT2D eigenvalue weighted by Crippen LogP contribution is -2.74. The van der Waals surface area contributed by atoms with Crippen LogP contribution in [0.4, 0.5) is 5.69 Å². The number of anilines is 1. The number of aliphatic hydroxyl groups excluding tert-OH is 1. The molecule has 1 aromatic heterocycles. The second-order valence-electron chi connectivity index (χ2n) is 20.6. The predicted molar refractivity (Wildman–Crippen MR) is 267 cm³/mol. The number of ketones is 1. The highest BCUT2D eigenvalue weighted by Crippen LogP contribution is 2.55. The third kappa shape index (κ3) is 12.3. The normalized spacial score (nSPS) is 20.4. The van der Waals surface area contributed by atoms with Gasteiger partial charge in [0.15, 0.2) is 5.78 Å². The molecule has 6 rings (SSSR count). The molecule has 1 aliphatic carbocycles. The Bertz CT molecular complexity index is 2440. The molecule has 1 aliphatic heterocycles. The number of nitriles is 1. The fourth-order valence-corrected chi connectivity index (χ4v) is 11.0. The molecule has 0 spiro atoms. The number of aryl methyl sites for hydroxylation is 1. The van der Waals surface area contributed by atoms with E-state index in [-0.39, 0.29) is 66.6 Å². The van der Waals surface area contributed by atoms with E-state index in [1.54, 1.807) is 41.7 Å². The van der Waals surface area contributed by atoms with E-state index in [1.165, 1.54) is 4.90 Å². The average molecular weight is 968 g/mol. The van der Waals surface area contributed by atoms with Gasteiger partial charge in [0.05, 0.1) is 38.8 Å². The Morgan fingerprint density at radius 3 is 2.31 bits per heavy atom. The third-order valence-corrected chi connectivity index (χ3v) is 14.7. The highest BCUT2D eigenvalue weighted by Gasteiger charge is 2.64. The smallest absolute Gasteiger partial charge is 0.251 e. The van der Waals surface area contributed by atoms with Gasteiger partial charge >= 0.3 is 0 Å². The zero-order chi connectivity index (χ0) is 49.6. The van der Waals surface area contributed by atoms with Crippen LogP contribution in [-0.4, -0.2) is 95.1 Å². The van der Waals surface area contributed by atoms with Crippen molar-refractivity contribution in [2.24, 2.45) is 16.2 Å². The van der Waals surface area contributed by atoms with Crippen molar-refractivity contribution in [1.29, 1.82) is 5.26 Å². The van der Waals surface area contributed by atoms with Crippen molar-refractivity contribution in [3.8, 4) is 22.3 Å². The summed E-state index contributed by atoms with van der Waals surface area (Å²) in [6, 6.07) is 20.8. The molecule has 3 aromatic carbocycles. The first-order chi connectivity index (χ1) is 32.1. The van der Waals surface area contributed by atoms with Gasteiger partial charge < -0.3 is 35.4 Å². The molecule has 68 heavy (non-hydrogen) atoms. The van der Waals surface area contributed by atoms with Crippen molar-refractivity contribution in [1.82, 2.24) is 20.5 Å². The first-order valence-corrected chi connectivity index (χ1v) is 24.8. The summed E-state index contributed by atoms with van der Waals surface area (Å²) in [5, 5.41) is 29.7. The molecule has 364 valence electrons. The van der Waals surface area contributed by atoms with E-state index in [0.717, 1.165) is 46.6 Å². The second kappa shape index (κ2) is 22.0. The summed E-state index contributed by atoms with van der Waals surface area (Å²) in [6.07, 6.45) is 1.79. The Morgan fingerprint density at radius 1 is 1.00 bits per heavy atom. The number of unbranched alkanes of at least 4 members (excludes halogenated alkanes) is 2. The van der Waals surface area contributed by atoms with Crippen LogP contribution in [0.25, 0.3) is 10.4 Å². The van der Waals surface area contributed by atoms with Gasteiger partial charge in [-0.15, -0.1) is 11.3 Å². The fourth-order valence-electron chi connectivity index (χ4n) is 9.93. The van der Waals surface area contributed by atoms with E-state index >= 15 is 0 Å². The number of hydrogen-bond donors (Lipinski definition) is 4. The molecule has 4 atom stereocenters. The molecular formula is C53H67ClN6O7S. The van der Waals surface area contributed by atoms with Gasteiger partial charge in [0.2, 0.25) is 11.8 Å². The van der Waals surface area contributed by atoms with Crippen LogP contribution in [0.15, 0.2) is 72.2 Å². The second-order valence-corrected chi connectivity index (χ2v) is 21.9. The van der Waals surface area contributed by atoms with Gasteiger partial charge in [0.1, 0.15) is 30.6 Å². The van der Waals surface area contributed by atoms with E-state index in [4.69, 9.17) is 21.1 Å².